The van der Waals surface area contributed by atoms with Crippen molar-refractivity contribution in [3.8, 4) is 0 Å². The summed E-state index contributed by atoms with van der Waals surface area (Å²) in [5.74, 6) is 4.28. The van der Waals surface area contributed by atoms with E-state index in [1.807, 2.05) is 23.5 Å². The van der Waals surface area contributed by atoms with Crippen LogP contribution in [-0.2, 0) is 0 Å². The highest BCUT2D eigenvalue weighted by molar-refractivity contribution is 7.99. The smallest absolute Gasteiger partial charge is 0.000322 e. The maximum atomic E-state index is 2.40. The van der Waals surface area contributed by atoms with Gasteiger partial charge in [-0.3, -0.25) is 0 Å². The molecular weight excluding hydrogens is 220 g/mol. The van der Waals surface area contributed by atoms with E-state index in [4.69, 9.17) is 0 Å². The van der Waals surface area contributed by atoms with Gasteiger partial charge in [0.15, 0.2) is 0 Å². The first kappa shape index (κ1) is 15.7. The summed E-state index contributed by atoms with van der Waals surface area (Å²) >= 11 is 4.03. The maximum Gasteiger partial charge on any atom is -0.000322 e. The van der Waals surface area contributed by atoms with Gasteiger partial charge in [0.1, 0.15) is 0 Å². The Kier molecular flexibility index (Phi) is 8.26. The van der Waals surface area contributed by atoms with E-state index in [0.29, 0.717) is 5.41 Å². The van der Waals surface area contributed by atoms with E-state index in [-0.39, 0.29) is 0 Å². The number of hydrogen-bond acceptors (Lipinski definition) is 2. The van der Waals surface area contributed by atoms with Crippen molar-refractivity contribution >= 4 is 23.5 Å². The van der Waals surface area contributed by atoms with Gasteiger partial charge in [-0.25, -0.2) is 0 Å². The Morgan fingerprint density at radius 2 is 1.40 bits per heavy atom. The molecule has 0 aliphatic heterocycles. The van der Waals surface area contributed by atoms with Crippen molar-refractivity contribution in [2.24, 2.45) is 17.3 Å². The first-order valence-electron chi connectivity index (χ1n) is 5.96. The van der Waals surface area contributed by atoms with Gasteiger partial charge in [0.05, 0.1) is 0 Å². The molecule has 0 bridgehead atoms. The number of hydrogen-bond donors (Lipinski definition) is 0. The lowest BCUT2D eigenvalue weighted by molar-refractivity contribution is 0.227. The zero-order valence-electron chi connectivity index (χ0n) is 11.3. The van der Waals surface area contributed by atoms with Crippen LogP contribution >= 0.6 is 23.5 Å². The van der Waals surface area contributed by atoms with E-state index < -0.39 is 0 Å². The van der Waals surface area contributed by atoms with Gasteiger partial charge in [-0.05, 0) is 47.7 Å². The van der Waals surface area contributed by atoms with Gasteiger partial charge >= 0.3 is 0 Å². The second-order valence-corrected chi connectivity index (χ2v) is 7.05. The minimum atomic E-state index is 0.559. The lowest BCUT2D eigenvalue weighted by Crippen LogP contribution is -2.33. The Morgan fingerprint density at radius 1 is 0.933 bits per heavy atom. The Balaban J connectivity index is 4.46. The van der Waals surface area contributed by atoms with Crippen molar-refractivity contribution in [2.75, 3.05) is 24.0 Å². The highest BCUT2D eigenvalue weighted by atomic mass is 32.2. The zero-order valence-corrected chi connectivity index (χ0v) is 12.9. The molecule has 0 spiro atoms. The van der Waals surface area contributed by atoms with Crippen molar-refractivity contribution in [1.29, 1.82) is 0 Å². The molecule has 0 saturated heterocycles. The predicted octanol–water partition coefficient (Wildman–Crippen LogP) is 4.79. The van der Waals surface area contributed by atoms with Gasteiger partial charge in [-0.2, -0.15) is 23.5 Å². The monoisotopic (exact) mass is 248 g/mol. The third kappa shape index (κ3) is 5.53. The molecule has 0 aliphatic carbocycles. The van der Waals surface area contributed by atoms with Crippen molar-refractivity contribution in [2.45, 2.75) is 40.5 Å². The summed E-state index contributed by atoms with van der Waals surface area (Å²) in [6.45, 7) is 9.46. The average molecular weight is 249 g/mol. The van der Waals surface area contributed by atoms with Crippen LogP contribution in [0.4, 0.5) is 0 Å². The third-order valence-electron chi connectivity index (χ3n) is 3.31. The Hall–Kier alpha value is 0.700. The molecule has 0 aliphatic rings. The Morgan fingerprint density at radius 3 is 1.67 bits per heavy atom. The summed E-state index contributed by atoms with van der Waals surface area (Å²) in [4.78, 5) is 0. The van der Waals surface area contributed by atoms with Crippen LogP contribution in [0.5, 0.6) is 0 Å². The van der Waals surface area contributed by atoms with Crippen LogP contribution in [0.3, 0.4) is 0 Å². The van der Waals surface area contributed by atoms with E-state index in [1.165, 1.54) is 24.3 Å². The summed E-state index contributed by atoms with van der Waals surface area (Å²) < 4.78 is 0. The Labute approximate surface area is 105 Å². The topological polar surface area (TPSA) is 0 Å². The Bertz CT molecular complexity index is 147. The minimum Gasteiger partial charge on any atom is -0.165 e. The van der Waals surface area contributed by atoms with Gasteiger partial charge in [0.25, 0.3) is 0 Å². The highest BCUT2D eigenvalue weighted by Gasteiger charge is 2.32. The minimum absolute atomic E-state index is 0.559. The fourth-order valence-electron chi connectivity index (χ4n) is 1.96. The molecule has 0 radical (unpaired) electrons. The third-order valence-corrected chi connectivity index (χ3v) is 5.04. The molecule has 0 nitrogen and oxygen atoms in total. The van der Waals surface area contributed by atoms with E-state index in [9.17, 15) is 0 Å². The standard InChI is InChI=1S/C13H28S2/c1-11(2)7-8-13(9-14-5,10-15-6)12(3)4/h11-12H,7-10H2,1-6H3. The number of thioether (sulfide) groups is 2. The van der Waals surface area contributed by atoms with Gasteiger partial charge in [0.2, 0.25) is 0 Å². The molecule has 0 fully saturated rings. The zero-order chi connectivity index (χ0) is 11.9. The van der Waals surface area contributed by atoms with Crippen molar-refractivity contribution in [3.05, 3.63) is 0 Å². The van der Waals surface area contributed by atoms with Crippen LogP contribution in [0.15, 0.2) is 0 Å². The van der Waals surface area contributed by atoms with E-state index in [2.05, 4.69) is 40.2 Å². The van der Waals surface area contributed by atoms with Gasteiger partial charge in [-0.15, -0.1) is 0 Å². The predicted molar refractivity (Wildman–Crippen MR) is 78.1 cm³/mol. The fraction of sp³-hybridized carbons (Fsp3) is 1.00. The van der Waals surface area contributed by atoms with E-state index in [0.717, 1.165) is 11.8 Å². The van der Waals surface area contributed by atoms with Crippen LogP contribution in [0, 0.1) is 17.3 Å². The van der Waals surface area contributed by atoms with Gasteiger partial charge in [0, 0.05) is 0 Å². The molecule has 0 saturated carbocycles. The number of rotatable bonds is 8. The quantitative estimate of drug-likeness (QED) is 0.606. The van der Waals surface area contributed by atoms with Crippen molar-refractivity contribution < 1.29 is 0 Å². The second kappa shape index (κ2) is 7.89. The molecule has 0 aromatic heterocycles. The molecule has 0 N–H and O–H groups in total. The van der Waals surface area contributed by atoms with Gasteiger partial charge < -0.3 is 0 Å². The van der Waals surface area contributed by atoms with E-state index in [1.54, 1.807) is 0 Å². The molecule has 0 unspecified atom stereocenters. The first-order valence-corrected chi connectivity index (χ1v) is 8.75. The van der Waals surface area contributed by atoms with Crippen LogP contribution < -0.4 is 0 Å². The maximum absolute atomic E-state index is 2.40. The molecule has 0 atom stereocenters. The summed E-state index contributed by atoms with van der Waals surface area (Å²) in [6, 6.07) is 0. The van der Waals surface area contributed by atoms with Crippen molar-refractivity contribution in [1.82, 2.24) is 0 Å². The summed E-state index contributed by atoms with van der Waals surface area (Å²) in [5, 5.41) is 0. The fourth-order valence-corrected chi connectivity index (χ4v) is 4.40. The molecule has 92 valence electrons. The van der Waals surface area contributed by atoms with Crippen LogP contribution in [0.2, 0.25) is 0 Å². The van der Waals surface area contributed by atoms with Crippen LogP contribution in [0.1, 0.15) is 40.5 Å². The highest BCUT2D eigenvalue weighted by Crippen LogP contribution is 2.39. The van der Waals surface area contributed by atoms with E-state index >= 15 is 0 Å². The second-order valence-electron chi connectivity index (χ2n) is 5.32. The molecule has 0 rings (SSSR count). The molecule has 0 heterocycles. The molecular formula is C13H28S2. The SMILES string of the molecule is CSCC(CCC(C)C)(CSC)C(C)C. The summed E-state index contributed by atoms with van der Waals surface area (Å²) in [7, 11) is 0. The summed E-state index contributed by atoms with van der Waals surface area (Å²) in [5.41, 5.74) is 0.559. The molecule has 2 heteroatoms. The molecule has 0 amide bonds. The largest absolute Gasteiger partial charge is 0.165 e. The molecule has 0 aromatic carbocycles. The normalized spacial score (nSPS) is 12.8. The van der Waals surface area contributed by atoms with Crippen molar-refractivity contribution in [3.63, 3.8) is 0 Å². The lowest BCUT2D eigenvalue weighted by Gasteiger charge is -2.37. The average Bonchev–Trinajstić information content (AvgIpc) is 2.14. The first-order chi connectivity index (χ1) is 6.98. The lowest BCUT2D eigenvalue weighted by atomic mass is 9.75. The van der Waals surface area contributed by atoms with Gasteiger partial charge in [-0.1, -0.05) is 34.1 Å². The van der Waals surface area contributed by atoms with Crippen LogP contribution in [-0.4, -0.2) is 24.0 Å². The summed E-state index contributed by atoms with van der Waals surface area (Å²) in [6.07, 6.45) is 7.25. The molecule has 0 aromatic rings. The van der Waals surface area contributed by atoms with Crippen LogP contribution in [0.25, 0.3) is 0 Å². The molecule has 15 heavy (non-hydrogen) atoms.